The summed E-state index contributed by atoms with van der Waals surface area (Å²) in [5, 5.41) is 1.01. The minimum absolute atomic E-state index is 0.129. The molecule has 0 saturated heterocycles. The zero-order valence-electron chi connectivity index (χ0n) is 13.2. The highest BCUT2D eigenvalue weighted by Gasteiger charge is 2.40. The lowest BCUT2D eigenvalue weighted by atomic mass is 9.71. The minimum Gasteiger partial charge on any atom is -0.371 e. The molecule has 0 bridgehead atoms. The molecule has 0 aromatic rings. The van der Waals surface area contributed by atoms with Gasteiger partial charge >= 0.3 is 0 Å². The van der Waals surface area contributed by atoms with E-state index in [1.165, 1.54) is 44.9 Å². The molecule has 112 valence electrons. The molecule has 0 aromatic heterocycles. The van der Waals surface area contributed by atoms with E-state index in [-0.39, 0.29) is 5.60 Å². The lowest BCUT2D eigenvalue weighted by Crippen LogP contribution is -2.44. The van der Waals surface area contributed by atoms with Crippen LogP contribution in [0.15, 0.2) is 0 Å². The average Bonchev–Trinajstić information content (AvgIpc) is 2.30. The number of alkyl halides is 1. The van der Waals surface area contributed by atoms with Crippen LogP contribution in [-0.4, -0.2) is 17.0 Å². The SMILES string of the molecule is CC1CCC(CBr)(OC2CC(C)CC(C)(C)C2)CC1. The van der Waals surface area contributed by atoms with E-state index in [9.17, 15) is 0 Å². The van der Waals surface area contributed by atoms with Crippen molar-refractivity contribution in [2.24, 2.45) is 17.3 Å². The molecule has 0 spiro atoms. The zero-order chi connectivity index (χ0) is 14.1. The molecule has 0 N–H and O–H groups in total. The molecule has 0 radical (unpaired) electrons. The van der Waals surface area contributed by atoms with Gasteiger partial charge in [-0.15, -0.1) is 0 Å². The maximum absolute atomic E-state index is 6.68. The number of ether oxygens (including phenoxy) is 1. The fraction of sp³-hybridized carbons (Fsp3) is 1.00. The Hall–Kier alpha value is 0.440. The molecule has 0 heterocycles. The molecule has 0 aromatic carbocycles. The molecule has 2 atom stereocenters. The number of rotatable bonds is 3. The van der Waals surface area contributed by atoms with Crippen molar-refractivity contribution in [3.05, 3.63) is 0 Å². The van der Waals surface area contributed by atoms with Crippen molar-refractivity contribution in [1.82, 2.24) is 0 Å². The average molecular weight is 331 g/mol. The molecule has 1 nitrogen and oxygen atoms in total. The Morgan fingerprint density at radius 2 is 1.68 bits per heavy atom. The Labute approximate surface area is 128 Å². The van der Waals surface area contributed by atoms with Gasteiger partial charge in [0, 0.05) is 5.33 Å². The summed E-state index contributed by atoms with van der Waals surface area (Å²) in [7, 11) is 0. The second-order valence-corrected chi connectivity index (χ2v) is 8.71. The van der Waals surface area contributed by atoms with E-state index >= 15 is 0 Å². The van der Waals surface area contributed by atoms with Gasteiger partial charge in [-0.3, -0.25) is 0 Å². The molecule has 19 heavy (non-hydrogen) atoms. The standard InChI is InChI=1S/C17H31BrO/c1-13-5-7-17(12-18,8-6-13)19-15-9-14(2)10-16(3,4)11-15/h13-15H,5-12H2,1-4H3. The van der Waals surface area contributed by atoms with Crippen LogP contribution in [0.5, 0.6) is 0 Å². The molecule has 2 aliphatic carbocycles. The maximum Gasteiger partial charge on any atom is 0.0782 e. The van der Waals surface area contributed by atoms with Crippen molar-refractivity contribution < 1.29 is 4.74 Å². The van der Waals surface area contributed by atoms with Crippen molar-refractivity contribution in [3.8, 4) is 0 Å². The summed E-state index contributed by atoms with van der Waals surface area (Å²) in [4.78, 5) is 0. The Bertz CT molecular complexity index is 292. The summed E-state index contributed by atoms with van der Waals surface area (Å²) in [5.74, 6) is 1.70. The first-order chi connectivity index (χ1) is 8.84. The maximum atomic E-state index is 6.68. The second kappa shape index (κ2) is 6.05. The summed E-state index contributed by atoms with van der Waals surface area (Å²) in [5.41, 5.74) is 0.585. The van der Waals surface area contributed by atoms with Crippen molar-refractivity contribution in [2.45, 2.75) is 84.3 Å². The van der Waals surface area contributed by atoms with Gasteiger partial charge in [0.1, 0.15) is 0 Å². The van der Waals surface area contributed by atoms with Crippen molar-refractivity contribution in [3.63, 3.8) is 0 Å². The molecule has 2 rings (SSSR count). The summed E-state index contributed by atoms with van der Waals surface area (Å²) >= 11 is 3.73. The van der Waals surface area contributed by atoms with Gasteiger partial charge in [0.25, 0.3) is 0 Å². The van der Waals surface area contributed by atoms with Gasteiger partial charge in [0.05, 0.1) is 11.7 Å². The van der Waals surface area contributed by atoms with Crippen LogP contribution in [-0.2, 0) is 4.74 Å². The first-order valence-corrected chi connectivity index (χ1v) is 9.20. The van der Waals surface area contributed by atoms with Gasteiger partial charge in [-0.1, -0.05) is 43.6 Å². The quantitative estimate of drug-likeness (QED) is 0.615. The van der Waals surface area contributed by atoms with Crippen LogP contribution in [0.2, 0.25) is 0 Å². The largest absolute Gasteiger partial charge is 0.371 e. The third-order valence-electron chi connectivity index (χ3n) is 5.19. The van der Waals surface area contributed by atoms with E-state index in [2.05, 4.69) is 43.6 Å². The van der Waals surface area contributed by atoms with E-state index in [0.717, 1.165) is 17.2 Å². The number of hydrogen-bond acceptors (Lipinski definition) is 1. The predicted octanol–water partition coefficient (Wildman–Crippen LogP) is 5.56. The topological polar surface area (TPSA) is 9.23 Å². The van der Waals surface area contributed by atoms with E-state index in [4.69, 9.17) is 4.74 Å². The smallest absolute Gasteiger partial charge is 0.0782 e. The van der Waals surface area contributed by atoms with Crippen LogP contribution in [0.4, 0.5) is 0 Å². The van der Waals surface area contributed by atoms with Crippen LogP contribution in [0.25, 0.3) is 0 Å². The van der Waals surface area contributed by atoms with Gasteiger partial charge in [-0.05, 0) is 62.2 Å². The monoisotopic (exact) mass is 330 g/mol. The second-order valence-electron chi connectivity index (χ2n) is 8.15. The van der Waals surface area contributed by atoms with Crippen LogP contribution in [0.1, 0.15) is 72.6 Å². The Kier molecular flexibility index (Phi) is 5.04. The van der Waals surface area contributed by atoms with Crippen LogP contribution < -0.4 is 0 Å². The molecule has 2 aliphatic rings. The minimum atomic E-state index is 0.129. The summed E-state index contributed by atoms with van der Waals surface area (Å²) in [6, 6.07) is 0. The van der Waals surface area contributed by atoms with Gasteiger partial charge < -0.3 is 4.74 Å². The first kappa shape index (κ1) is 15.8. The predicted molar refractivity (Wildman–Crippen MR) is 85.8 cm³/mol. The summed E-state index contributed by atoms with van der Waals surface area (Å²) in [6.07, 6.45) is 9.47. The molecule has 0 amide bonds. The van der Waals surface area contributed by atoms with E-state index < -0.39 is 0 Å². The molecular weight excluding hydrogens is 300 g/mol. The zero-order valence-corrected chi connectivity index (χ0v) is 14.8. The Morgan fingerprint density at radius 1 is 1.05 bits per heavy atom. The Morgan fingerprint density at radius 3 is 2.21 bits per heavy atom. The fourth-order valence-corrected chi connectivity index (χ4v) is 4.97. The fourth-order valence-electron chi connectivity index (χ4n) is 4.27. The van der Waals surface area contributed by atoms with E-state index in [0.29, 0.717) is 11.5 Å². The molecule has 2 heteroatoms. The Balaban J connectivity index is 1.98. The molecule has 2 fully saturated rings. The molecule has 0 aliphatic heterocycles. The van der Waals surface area contributed by atoms with Crippen LogP contribution >= 0.6 is 15.9 Å². The third kappa shape index (κ3) is 4.20. The van der Waals surface area contributed by atoms with E-state index in [1.54, 1.807) is 0 Å². The number of halogens is 1. The third-order valence-corrected chi connectivity index (χ3v) is 6.21. The molecule has 2 unspecified atom stereocenters. The first-order valence-electron chi connectivity index (χ1n) is 8.08. The number of hydrogen-bond donors (Lipinski definition) is 0. The van der Waals surface area contributed by atoms with Gasteiger partial charge in [-0.25, -0.2) is 0 Å². The van der Waals surface area contributed by atoms with Gasteiger partial charge in [0.15, 0.2) is 0 Å². The van der Waals surface area contributed by atoms with Crippen molar-refractivity contribution >= 4 is 15.9 Å². The summed E-state index contributed by atoms with van der Waals surface area (Å²) < 4.78 is 6.68. The normalized spacial score (nSPS) is 43.1. The van der Waals surface area contributed by atoms with E-state index in [1.807, 2.05) is 0 Å². The summed E-state index contributed by atoms with van der Waals surface area (Å²) in [6.45, 7) is 9.58. The highest BCUT2D eigenvalue weighted by molar-refractivity contribution is 9.09. The van der Waals surface area contributed by atoms with Crippen LogP contribution in [0.3, 0.4) is 0 Å². The molecular formula is C17H31BrO. The lowest BCUT2D eigenvalue weighted by molar-refractivity contribution is -0.133. The highest BCUT2D eigenvalue weighted by atomic mass is 79.9. The van der Waals surface area contributed by atoms with Crippen molar-refractivity contribution in [1.29, 1.82) is 0 Å². The van der Waals surface area contributed by atoms with Crippen molar-refractivity contribution in [2.75, 3.05) is 5.33 Å². The lowest BCUT2D eigenvalue weighted by Gasteiger charge is -2.45. The highest BCUT2D eigenvalue weighted by Crippen LogP contribution is 2.44. The molecule has 2 saturated carbocycles. The van der Waals surface area contributed by atoms with Gasteiger partial charge in [0.2, 0.25) is 0 Å². The van der Waals surface area contributed by atoms with Gasteiger partial charge in [-0.2, -0.15) is 0 Å². The van der Waals surface area contributed by atoms with Crippen LogP contribution in [0, 0.1) is 17.3 Å².